The van der Waals surface area contributed by atoms with E-state index in [1.165, 1.54) is 22.5 Å². The highest BCUT2D eigenvalue weighted by molar-refractivity contribution is 7.94. The molecule has 0 saturated carbocycles. The average Bonchev–Trinajstić information content (AvgIpc) is 2.77. The molecule has 1 aromatic carbocycles. The van der Waals surface area contributed by atoms with Crippen molar-refractivity contribution >= 4 is 37.5 Å². The molecule has 29 heavy (non-hydrogen) atoms. The summed E-state index contributed by atoms with van der Waals surface area (Å²) in [6, 6.07) is 4.07. The molecule has 0 spiro atoms. The molecule has 2 fully saturated rings. The summed E-state index contributed by atoms with van der Waals surface area (Å²) in [5.74, 6) is -1.60. The van der Waals surface area contributed by atoms with Gasteiger partial charge in [-0.05, 0) is 57.4 Å². The van der Waals surface area contributed by atoms with Gasteiger partial charge in [0.2, 0.25) is 31.9 Å². The molecular formula is C18H25N3O6S2. The van der Waals surface area contributed by atoms with Crippen LogP contribution in [0.1, 0.15) is 32.3 Å². The minimum Gasteiger partial charge on any atom is -0.369 e. The zero-order chi connectivity index (χ0) is 21.8. The quantitative estimate of drug-likeness (QED) is 0.723. The predicted octanol–water partition coefficient (Wildman–Crippen LogP) is 0.584. The zero-order valence-corrected chi connectivity index (χ0v) is 18.2. The van der Waals surface area contributed by atoms with Gasteiger partial charge in [-0.15, -0.1) is 0 Å². The van der Waals surface area contributed by atoms with Crippen molar-refractivity contribution in [2.24, 2.45) is 17.1 Å². The number of anilines is 1. The zero-order valence-electron chi connectivity index (χ0n) is 16.6. The minimum absolute atomic E-state index is 0.0436. The molecule has 2 N–H and O–H groups in total. The Bertz CT molecular complexity index is 1070. The molecule has 2 saturated heterocycles. The summed E-state index contributed by atoms with van der Waals surface area (Å²) in [5, 5.41) is 0. The second-order valence-electron chi connectivity index (χ2n) is 8.24. The lowest BCUT2D eigenvalue weighted by atomic mass is 9.95. The SMILES string of the molecule is Cc1cc(N2C(=O)C(C)(C)CS2(=O)=O)ccc1S(=O)(=O)N1CCC(C(N)=O)CC1. The fourth-order valence-electron chi connectivity index (χ4n) is 3.83. The van der Waals surface area contributed by atoms with E-state index in [-0.39, 0.29) is 35.3 Å². The molecule has 0 radical (unpaired) electrons. The van der Waals surface area contributed by atoms with Crippen LogP contribution in [0.2, 0.25) is 0 Å². The van der Waals surface area contributed by atoms with Crippen LogP contribution in [0.5, 0.6) is 0 Å². The highest BCUT2D eigenvalue weighted by Gasteiger charge is 2.50. The van der Waals surface area contributed by atoms with Gasteiger partial charge in [0.05, 0.1) is 21.8 Å². The first-order valence-corrected chi connectivity index (χ1v) is 12.3. The van der Waals surface area contributed by atoms with E-state index in [0.717, 1.165) is 4.31 Å². The number of carbonyl (C=O) groups excluding carboxylic acids is 2. The lowest BCUT2D eigenvalue weighted by Gasteiger charge is -2.30. The number of hydrogen-bond acceptors (Lipinski definition) is 6. The molecule has 0 bridgehead atoms. The molecule has 0 atom stereocenters. The summed E-state index contributed by atoms with van der Waals surface area (Å²) in [4.78, 5) is 23.9. The van der Waals surface area contributed by atoms with Gasteiger partial charge in [-0.25, -0.2) is 21.1 Å². The van der Waals surface area contributed by atoms with Gasteiger partial charge in [-0.3, -0.25) is 9.59 Å². The van der Waals surface area contributed by atoms with Gasteiger partial charge in [-0.2, -0.15) is 4.31 Å². The largest absolute Gasteiger partial charge is 0.369 e. The van der Waals surface area contributed by atoms with Gasteiger partial charge in [0.1, 0.15) is 0 Å². The fourth-order valence-corrected chi connectivity index (χ4v) is 7.61. The van der Waals surface area contributed by atoms with E-state index in [1.807, 2.05) is 0 Å². The minimum atomic E-state index is -3.82. The average molecular weight is 444 g/mol. The van der Waals surface area contributed by atoms with Crippen LogP contribution in [0.15, 0.2) is 23.1 Å². The van der Waals surface area contributed by atoms with Crippen molar-refractivity contribution in [1.82, 2.24) is 4.31 Å². The number of sulfonamides is 2. The van der Waals surface area contributed by atoms with Gasteiger partial charge >= 0.3 is 0 Å². The molecular weight excluding hydrogens is 418 g/mol. The van der Waals surface area contributed by atoms with Gasteiger partial charge in [-0.1, -0.05) is 0 Å². The number of nitrogens with two attached hydrogens (primary N) is 1. The first kappa shape index (κ1) is 21.7. The Hall–Kier alpha value is -1.98. The topological polar surface area (TPSA) is 135 Å². The van der Waals surface area contributed by atoms with E-state index >= 15 is 0 Å². The second kappa shape index (κ2) is 7.06. The number of amides is 2. The van der Waals surface area contributed by atoms with Crippen LogP contribution in [-0.2, 0) is 29.6 Å². The summed E-state index contributed by atoms with van der Waals surface area (Å²) in [6.07, 6.45) is 0.725. The molecule has 3 rings (SSSR count). The van der Waals surface area contributed by atoms with E-state index < -0.39 is 37.3 Å². The number of aryl methyl sites for hydroxylation is 1. The van der Waals surface area contributed by atoms with Crippen LogP contribution in [0.25, 0.3) is 0 Å². The molecule has 9 nitrogen and oxygen atoms in total. The number of benzene rings is 1. The number of rotatable bonds is 4. The van der Waals surface area contributed by atoms with Gasteiger partial charge in [0, 0.05) is 19.0 Å². The van der Waals surface area contributed by atoms with E-state index in [1.54, 1.807) is 20.8 Å². The number of hydrogen-bond donors (Lipinski definition) is 1. The smallest absolute Gasteiger partial charge is 0.247 e. The van der Waals surface area contributed by atoms with Crippen molar-refractivity contribution in [2.75, 3.05) is 23.1 Å². The number of nitrogens with zero attached hydrogens (tertiary/aromatic N) is 2. The second-order valence-corrected chi connectivity index (χ2v) is 12.0. The van der Waals surface area contributed by atoms with E-state index in [2.05, 4.69) is 0 Å². The lowest BCUT2D eigenvalue weighted by Crippen LogP contribution is -2.41. The van der Waals surface area contributed by atoms with Crippen LogP contribution < -0.4 is 10.0 Å². The first-order valence-electron chi connectivity index (χ1n) is 9.25. The molecule has 160 valence electrons. The number of primary amides is 1. The van der Waals surface area contributed by atoms with Crippen LogP contribution in [-0.4, -0.2) is 51.8 Å². The van der Waals surface area contributed by atoms with Crippen molar-refractivity contribution in [3.63, 3.8) is 0 Å². The van der Waals surface area contributed by atoms with Crippen LogP contribution in [0.4, 0.5) is 5.69 Å². The summed E-state index contributed by atoms with van der Waals surface area (Å²) in [7, 11) is -7.64. The Labute approximate surface area is 171 Å². The molecule has 2 aliphatic heterocycles. The molecule has 0 aliphatic carbocycles. The Balaban J connectivity index is 1.90. The van der Waals surface area contributed by atoms with E-state index in [9.17, 15) is 26.4 Å². The Morgan fingerprint density at radius 2 is 1.79 bits per heavy atom. The molecule has 0 unspecified atom stereocenters. The predicted molar refractivity (Wildman–Crippen MR) is 107 cm³/mol. The lowest BCUT2D eigenvalue weighted by molar-refractivity contribution is -0.123. The Kier molecular flexibility index (Phi) is 5.29. The maximum Gasteiger partial charge on any atom is 0.247 e. The van der Waals surface area contributed by atoms with Crippen LogP contribution in [0, 0.1) is 18.3 Å². The molecule has 0 aromatic heterocycles. The highest BCUT2D eigenvalue weighted by Crippen LogP contribution is 2.37. The van der Waals surface area contributed by atoms with Crippen molar-refractivity contribution in [3.05, 3.63) is 23.8 Å². The highest BCUT2D eigenvalue weighted by atomic mass is 32.2. The van der Waals surface area contributed by atoms with Crippen molar-refractivity contribution in [1.29, 1.82) is 0 Å². The van der Waals surface area contributed by atoms with Crippen molar-refractivity contribution < 1.29 is 26.4 Å². The maximum absolute atomic E-state index is 13.0. The third kappa shape index (κ3) is 3.78. The Morgan fingerprint density at radius 3 is 2.24 bits per heavy atom. The number of piperidine rings is 1. The summed E-state index contributed by atoms with van der Waals surface area (Å²) >= 11 is 0. The van der Waals surface area contributed by atoms with Gasteiger partial charge < -0.3 is 5.73 Å². The standard InChI is InChI=1S/C18H25N3O6S2/c1-12-10-14(21-17(23)18(2,3)11-28(21,24)25)4-5-15(12)29(26,27)20-8-6-13(7-9-20)16(19)22/h4-5,10,13H,6-9,11H2,1-3H3,(H2,19,22). The third-order valence-corrected chi connectivity index (χ3v) is 9.53. The normalized spacial score (nSPS) is 22.7. The van der Waals surface area contributed by atoms with Gasteiger partial charge in [0.25, 0.3) is 0 Å². The molecule has 1 aromatic rings. The molecule has 2 heterocycles. The van der Waals surface area contributed by atoms with Crippen molar-refractivity contribution in [3.8, 4) is 0 Å². The molecule has 2 amide bonds. The summed E-state index contributed by atoms with van der Waals surface area (Å²) < 4.78 is 53.0. The van der Waals surface area contributed by atoms with Crippen molar-refractivity contribution in [2.45, 2.75) is 38.5 Å². The third-order valence-electron chi connectivity index (χ3n) is 5.45. The first-order chi connectivity index (χ1) is 13.3. The van der Waals surface area contributed by atoms with Crippen LogP contribution >= 0.6 is 0 Å². The number of carbonyl (C=O) groups is 2. The maximum atomic E-state index is 13.0. The van der Waals surface area contributed by atoms with E-state index in [4.69, 9.17) is 5.73 Å². The summed E-state index contributed by atoms with van der Waals surface area (Å²) in [5.41, 5.74) is 4.73. The Morgan fingerprint density at radius 1 is 1.21 bits per heavy atom. The monoisotopic (exact) mass is 443 g/mol. The summed E-state index contributed by atoms with van der Waals surface area (Å²) in [6.45, 7) is 5.06. The molecule has 2 aliphatic rings. The molecule has 11 heteroatoms. The van der Waals surface area contributed by atoms with Gasteiger partial charge in [0.15, 0.2) is 0 Å². The van der Waals surface area contributed by atoms with Crippen LogP contribution in [0.3, 0.4) is 0 Å². The fraction of sp³-hybridized carbons (Fsp3) is 0.556. The van der Waals surface area contributed by atoms with E-state index in [0.29, 0.717) is 18.4 Å².